The molecule has 1 aliphatic heterocycles. The van der Waals surface area contributed by atoms with Gasteiger partial charge >= 0.3 is 6.09 Å². The predicted molar refractivity (Wildman–Crippen MR) is 135 cm³/mol. The second-order valence-electron chi connectivity index (χ2n) is 10.0. The second-order valence-corrected chi connectivity index (χ2v) is 10.5. The largest absolute Gasteiger partial charge is 0.444 e. The third kappa shape index (κ3) is 7.03. The van der Waals surface area contributed by atoms with Gasteiger partial charge in [-0.25, -0.2) is 14.0 Å². The first kappa shape index (κ1) is 26.7. The minimum atomic E-state index is -0.606. The summed E-state index contributed by atoms with van der Waals surface area (Å²) < 4.78 is 19.3. The van der Waals surface area contributed by atoms with Crippen molar-refractivity contribution in [2.45, 2.75) is 59.2 Å². The lowest BCUT2D eigenvalue weighted by molar-refractivity contribution is 0.000531. The molecule has 0 aromatic heterocycles. The molecule has 1 heterocycles. The van der Waals surface area contributed by atoms with Crippen molar-refractivity contribution in [3.63, 3.8) is 0 Å². The van der Waals surface area contributed by atoms with Gasteiger partial charge in [0.05, 0.1) is 6.57 Å². The van der Waals surface area contributed by atoms with E-state index in [0.29, 0.717) is 31.2 Å². The average molecular weight is 500 g/mol. The minimum absolute atomic E-state index is 0.0104. The molecule has 0 spiro atoms. The Morgan fingerprint density at radius 2 is 1.86 bits per heavy atom. The van der Waals surface area contributed by atoms with Crippen molar-refractivity contribution in [2.24, 2.45) is 0 Å². The zero-order valence-corrected chi connectivity index (χ0v) is 21.6. The van der Waals surface area contributed by atoms with Gasteiger partial charge in [-0.05, 0) is 81.6 Å². The molecular weight excluding hydrogens is 469 g/mol. The molecule has 8 heteroatoms. The number of benzene rings is 2. The summed E-state index contributed by atoms with van der Waals surface area (Å²) in [5, 5.41) is 0.523. The molecule has 186 valence electrons. The summed E-state index contributed by atoms with van der Waals surface area (Å²) in [5.41, 5.74) is 2.45. The zero-order valence-electron chi connectivity index (χ0n) is 20.8. The number of amides is 1. The summed E-state index contributed by atoms with van der Waals surface area (Å²) in [7, 11) is 0. The highest BCUT2D eigenvalue weighted by molar-refractivity contribution is 6.30. The van der Waals surface area contributed by atoms with E-state index >= 15 is 0 Å². The lowest BCUT2D eigenvalue weighted by Crippen LogP contribution is -2.54. The summed E-state index contributed by atoms with van der Waals surface area (Å²) in [5.74, 6) is -0.879. The van der Waals surface area contributed by atoms with Gasteiger partial charge in [-0.3, -0.25) is 9.69 Å². The molecule has 35 heavy (non-hydrogen) atoms. The standard InChI is InChI=1S/C27H31ClFN3O3/c1-17-15-31(7-8-32(17)26(34)35-27(3,4)5)16-21-10-22(28)9-19(18(21)2)13-25(33)20-11-23(29)14-24(12-20)30-6/h9-12,14,17H,7-8,13,15-16H2,1-5H3/t17-/m0/s1. The molecule has 2 aromatic rings. The number of carbonyl (C=O) groups is 2. The Bertz CT molecular complexity index is 1170. The Labute approximate surface area is 211 Å². The Morgan fingerprint density at radius 1 is 1.17 bits per heavy atom. The molecule has 1 amide bonds. The van der Waals surface area contributed by atoms with E-state index in [-0.39, 0.29) is 35.6 Å². The molecule has 0 unspecified atom stereocenters. The number of Topliss-reactive ketones (excluding diaryl/α,β-unsaturated/α-hetero) is 1. The maximum atomic E-state index is 13.8. The third-order valence-electron chi connectivity index (χ3n) is 6.01. The van der Waals surface area contributed by atoms with E-state index in [1.807, 2.05) is 40.7 Å². The van der Waals surface area contributed by atoms with Crippen molar-refractivity contribution < 1.29 is 18.7 Å². The van der Waals surface area contributed by atoms with Gasteiger partial charge < -0.3 is 9.64 Å². The first-order chi connectivity index (χ1) is 16.4. The molecule has 1 atom stereocenters. The summed E-state index contributed by atoms with van der Waals surface area (Å²) in [6, 6.07) is 7.32. The van der Waals surface area contributed by atoms with Crippen LogP contribution in [0.4, 0.5) is 14.9 Å². The predicted octanol–water partition coefficient (Wildman–Crippen LogP) is 6.20. The summed E-state index contributed by atoms with van der Waals surface area (Å²) in [6.45, 7) is 19.2. The molecule has 0 aliphatic carbocycles. The molecule has 0 bridgehead atoms. The van der Waals surface area contributed by atoms with Crippen molar-refractivity contribution in [1.29, 1.82) is 0 Å². The van der Waals surface area contributed by atoms with Crippen molar-refractivity contribution in [3.8, 4) is 0 Å². The molecule has 2 aromatic carbocycles. The summed E-state index contributed by atoms with van der Waals surface area (Å²) in [4.78, 5) is 32.6. The SMILES string of the molecule is [C-]#[N+]c1cc(F)cc(C(=O)Cc2cc(Cl)cc(CN3CCN(C(=O)OC(C)(C)C)[C@@H](C)C3)c2C)c1. The number of halogens is 2. The van der Waals surface area contributed by atoms with Crippen LogP contribution in [0, 0.1) is 19.3 Å². The van der Waals surface area contributed by atoms with Crippen LogP contribution in [0.2, 0.25) is 5.02 Å². The summed E-state index contributed by atoms with van der Waals surface area (Å²) in [6.07, 6.45) is -0.244. The van der Waals surface area contributed by atoms with Crippen LogP contribution in [0.5, 0.6) is 0 Å². The van der Waals surface area contributed by atoms with E-state index < -0.39 is 11.4 Å². The van der Waals surface area contributed by atoms with Gasteiger partial charge in [0.15, 0.2) is 11.5 Å². The van der Waals surface area contributed by atoms with E-state index in [9.17, 15) is 14.0 Å². The number of nitrogens with zero attached hydrogens (tertiary/aromatic N) is 3. The Balaban J connectivity index is 1.72. The smallest absolute Gasteiger partial charge is 0.410 e. The summed E-state index contributed by atoms with van der Waals surface area (Å²) >= 11 is 6.40. The topological polar surface area (TPSA) is 54.2 Å². The fraction of sp³-hybridized carbons (Fsp3) is 0.444. The molecule has 3 rings (SSSR count). The highest BCUT2D eigenvalue weighted by Crippen LogP contribution is 2.26. The van der Waals surface area contributed by atoms with E-state index in [1.54, 1.807) is 11.0 Å². The molecular formula is C27H31ClFN3O3. The van der Waals surface area contributed by atoms with Crippen LogP contribution in [-0.2, 0) is 17.7 Å². The van der Waals surface area contributed by atoms with Gasteiger partial charge in [0.1, 0.15) is 11.4 Å². The number of ketones is 1. The number of hydrogen-bond donors (Lipinski definition) is 0. The molecule has 0 saturated carbocycles. The molecule has 6 nitrogen and oxygen atoms in total. The van der Waals surface area contributed by atoms with Crippen LogP contribution in [0.15, 0.2) is 30.3 Å². The van der Waals surface area contributed by atoms with Crippen molar-refractivity contribution in [1.82, 2.24) is 9.80 Å². The number of rotatable bonds is 5. The van der Waals surface area contributed by atoms with Crippen LogP contribution < -0.4 is 0 Å². The number of ether oxygens (including phenoxy) is 1. The van der Waals surface area contributed by atoms with Crippen LogP contribution in [-0.4, -0.2) is 53.0 Å². The molecule has 1 aliphatic rings. The van der Waals surface area contributed by atoms with Gasteiger partial charge in [-0.2, -0.15) is 0 Å². The molecule has 1 saturated heterocycles. The quantitative estimate of drug-likeness (QED) is 0.363. The van der Waals surface area contributed by atoms with Crippen molar-refractivity contribution in [2.75, 3.05) is 19.6 Å². The number of piperazine rings is 1. The monoisotopic (exact) mass is 499 g/mol. The van der Waals surface area contributed by atoms with Gasteiger partial charge in [0, 0.05) is 49.2 Å². The average Bonchev–Trinajstić information content (AvgIpc) is 2.75. The lowest BCUT2D eigenvalue weighted by Gasteiger charge is -2.40. The number of hydrogen-bond acceptors (Lipinski definition) is 4. The fourth-order valence-electron chi connectivity index (χ4n) is 4.23. The molecule has 1 fully saturated rings. The number of carbonyl (C=O) groups excluding carboxylic acids is 2. The first-order valence-electron chi connectivity index (χ1n) is 11.6. The van der Waals surface area contributed by atoms with Crippen molar-refractivity contribution >= 4 is 29.2 Å². The maximum Gasteiger partial charge on any atom is 0.410 e. The van der Waals surface area contributed by atoms with Crippen LogP contribution >= 0.6 is 11.6 Å². The third-order valence-corrected chi connectivity index (χ3v) is 6.22. The minimum Gasteiger partial charge on any atom is -0.444 e. The zero-order chi connectivity index (χ0) is 25.9. The lowest BCUT2D eigenvalue weighted by atomic mass is 9.95. The van der Waals surface area contributed by atoms with E-state index in [4.69, 9.17) is 22.9 Å². The first-order valence-corrected chi connectivity index (χ1v) is 11.9. The van der Waals surface area contributed by atoms with Crippen LogP contribution in [0.25, 0.3) is 4.85 Å². The van der Waals surface area contributed by atoms with Gasteiger partial charge in [0.2, 0.25) is 0 Å². The highest BCUT2D eigenvalue weighted by atomic mass is 35.5. The highest BCUT2D eigenvalue weighted by Gasteiger charge is 2.31. The van der Waals surface area contributed by atoms with E-state index in [0.717, 1.165) is 28.8 Å². The Kier molecular flexibility index (Phi) is 8.19. The van der Waals surface area contributed by atoms with E-state index in [1.165, 1.54) is 6.07 Å². The molecule has 0 radical (unpaired) electrons. The van der Waals surface area contributed by atoms with Crippen LogP contribution in [0.3, 0.4) is 0 Å². The van der Waals surface area contributed by atoms with E-state index in [2.05, 4.69) is 9.74 Å². The maximum absolute atomic E-state index is 13.8. The Morgan fingerprint density at radius 3 is 2.49 bits per heavy atom. The van der Waals surface area contributed by atoms with Gasteiger partial charge in [-0.1, -0.05) is 11.6 Å². The molecule has 0 N–H and O–H groups in total. The second kappa shape index (κ2) is 10.8. The van der Waals surface area contributed by atoms with Gasteiger partial charge in [-0.15, -0.1) is 0 Å². The van der Waals surface area contributed by atoms with Gasteiger partial charge in [0.25, 0.3) is 0 Å². The van der Waals surface area contributed by atoms with Crippen LogP contribution in [0.1, 0.15) is 54.7 Å². The Hall–Kier alpha value is -2.95. The van der Waals surface area contributed by atoms with Crippen molar-refractivity contribution in [3.05, 3.63) is 74.8 Å². The fourth-order valence-corrected chi connectivity index (χ4v) is 4.49. The normalized spacial score (nSPS) is 16.6.